The van der Waals surface area contributed by atoms with Gasteiger partial charge in [-0.1, -0.05) is 6.92 Å². The molecule has 2 heterocycles. The van der Waals surface area contributed by atoms with Crippen LogP contribution in [-0.4, -0.2) is 36.9 Å². The predicted molar refractivity (Wildman–Crippen MR) is 104 cm³/mol. The van der Waals surface area contributed by atoms with Crippen molar-refractivity contribution in [1.82, 2.24) is 0 Å². The van der Waals surface area contributed by atoms with Gasteiger partial charge in [-0.25, -0.2) is 4.99 Å². The molecule has 0 aromatic heterocycles. The van der Waals surface area contributed by atoms with Gasteiger partial charge in [0.2, 0.25) is 0 Å². The molecule has 0 aliphatic carbocycles. The predicted octanol–water partition coefficient (Wildman–Crippen LogP) is 2.75. The quantitative estimate of drug-likeness (QED) is 0.634. The highest BCUT2D eigenvalue weighted by Crippen LogP contribution is 2.31. The number of hydrogen-bond acceptors (Lipinski definition) is 7. The summed E-state index contributed by atoms with van der Waals surface area (Å²) in [5, 5.41) is 9.16. The number of ether oxygens (including phenoxy) is 2. The Bertz CT molecular complexity index is 753. The van der Waals surface area contributed by atoms with Crippen molar-refractivity contribution in [3.8, 4) is 5.75 Å². The fourth-order valence-electron chi connectivity index (χ4n) is 3.08. The molecular weight excluding hydrogens is 351 g/mol. The van der Waals surface area contributed by atoms with Crippen molar-refractivity contribution in [2.75, 3.05) is 13.2 Å². The molecule has 1 N–H and O–H groups in total. The number of nitrogens with one attached hydrogen (secondary N) is 1. The molecule has 3 rings (SSSR count). The molecule has 0 spiro atoms. The second-order valence-electron chi connectivity index (χ2n) is 6.27. The Morgan fingerprint density at radius 1 is 1.46 bits per heavy atom. The highest BCUT2D eigenvalue weighted by atomic mass is 32.2. The van der Waals surface area contributed by atoms with Crippen LogP contribution in [-0.2, 0) is 14.2 Å². The Labute approximate surface area is 158 Å². The van der Waals surface area contributed by atoms with E-state index in [1.165, 1.54) is 11.8 Å². The Morgan fingerprint density at radius 3 is 2.96 bits per heavy atom. The van der Waals surface area contributed by atoms with Crippen LogP contribution in [0.15, 0.2) is 17.1 Å². The van der Waals surface area contributed by atoms with E-state index in [1.807, 2.05) is 19.1 Å². The van der Waals surface area contributed by atoms with E-state index in [-0.39, 0.29) is 24.4 Å². The van der Waals surface area contributed by atoms with Gasteiger partial charge in [-0.3, -0.25) is 10.2 Å². The molecule has 2 unspecified atom stereocenters. The average molecular weight is 373 g/mol. The zero-order chi connectivity index (χ0) is 18.7. The normalized spacial score (nSPS) is 21.7. The zero-order valence-electron chi connectivity index (χ0n) is 15.2. The number of esters is 1. The van der Waals surface area contributed by atoms with Crippen LogP contribution in [0.4, 0.5) is 0 Å². The van der Waals surface area contributed by atoms with Gasteiger partial charge < -0.3 is 14.1 Å². The lowest BCUT2D eigenvalue weighted by Gasteiger charge is -2.20. The van der Waals surface area contributed by atoms with Crippen molar-refractivity contribution in [3.05, 3.63) is 23.3 Å². The monoisotopic (exact) mass is 373 g/mol. The molecule has 0 bridgehead atoms. The molecule has 0 fully saturated rings. The maximum atomic E-state index is 11.8. The highest BCUT2D eigenvalue weighted by molar-refractivity contribution is 8.26. The third-order valence-corrected chi connectivity index (χ3v) is 5.38. The fraction of sp³-hybridized carbons (Fsp3) is 0.500. The van der Waals surface area contributed by atoms with Crippen LogP contribution < -0.4 is 10.2 Å². The third-order valence-electron chi connectivity index (χ3n) is 4.44. The van der Waals surface area contributed by atoms with E-state index in [2.05, 4.69) is 11.9 Å². The second kappa shape index (κ2) is 8.27. The molecule has 8 heteroatoms. The van der Waals surface area contributed by atoms with E-state index in [0.717, 1.165) is 23.0 Å². The van der Waals surface area contributed by atoms with Gasteiger partial charge in [0.1, 0.15) is 5.75 Å². The lowest BCUT2D eigenvalue weighted by atomic mass is 9.84. The fourth-order valence-corrected chi connectivity index (χ4v) is 3.95. The topological polar surface area (TPSA) is 81.0 Å². The molecule has 2 atom stereocenters. The van der Waals surface area contributed by atoms with E-state index < -0.39 is 0 Å². The van der Waals surface area contributed by atoms with Crippen LogP contribution in [0.5, 0.6) is 5.75 Å². The minimum atomic E-state index is -0.321. The number of hydrogen-bond donors (Lipinski definition) is 1. The summed E-state index contributed by atoms with van der Waals surface area (Å²) in [6, 6.07) is 3.80. The molecule has 0 saturated carbocycles. The maximum absolute atomic E-state index is 11.8. The van der Waals surface area contributed by atoms with Crippen molar-refractivity contribution >= 4 is 40.9 Å². The molecule has 0 saturated heterocycles. The van der Waals surface area contributed by atoms with Gasteiger partial charge in [-0.15, -0.1) is 0 Å². The SMILES string of the molecule is CCOC(=O)CC1O[B]c2cc(OC3=NCC(CC)C(=N)S3)cc(C)c21. The number of aryl methyl sites for hydroxylation is 1. The number of carbonyl (C=O) groups excluding carboxylic acids is 1. The second-order valence-corrected chi connectivity index (χ2v) is 7.27. The summed E-state index contributed by atoms with van der Waals surface area (Å²) >= 11 is 1.28. The summed E-state index contributed by atoms with van der Waals surface area (Å²) in [5.41, 5.74) is 2.88. The van der Waals surface area contributed by atoms with Crippen molar-refractivity contribution in [1.29, 1.82) is 5.41 Å². The van der Waals surface area contributed by atoms with Crippen LogP contribution in [0.2, 0.25) is 0 Å². The lowest BCUT2D eigenvalue weighted by molar-refractivity contribution is -0.144. The van der Waals surface area contributed by atoms with Crippen molar-refractivity contribution < 1.29 is 18.9 Å². The standard InChI is InChI=1S/C18H22BN2O4S/c1-4-11-9-21-18(26-17(11)20)24-12-6-10(3)16-13(7-12)19-25-14(16)8-15(22)23-5-2/h6-7,11,14,20H,4-5,8-9H2,1-3H3. The van der Waals surface area contributed by atoms with Gasteiger partial charge in [0.05, 0.1) is 30.7 Å². The number of thioether (sulfide) groups is 1. The minimum Gasteiger partial charge on any atom is -0.466 e. The molecule has 6 nitrogen and oxygen atoms in total. The van der Waals surface area contributed by atoms with Crippen LogP contribution in [0.25, 0.3) is 0 Å². The summed E-state index contributed by atoms with van der Waals surface area (Å²) < 4.78 is 16.6. The first kappa shape index (κ1) is 19.0. The molecule has 0 amide bonds. The first-order chi connectivity index (χ1) is 12.5. The van der Waals surface area contributed by atoms with E-state index in [1.54, 1.807) is 14.4 Å². The van der Waals surface area contributed by atoms with Gasteiger partial charge >= 0.3 is 13.5 Å². The Kier molecular flexibility index (Phi) is 6.03. The van der Waals surface area contributed by atoms with Crippen LogP contribution in [0, 0.1) is 18.3 Å². The van der Waals surface area contributed by atoms with Gasteiger partial charge in [-0.2, -0.15) is 0 Å². The van der Waals surface area contributed by atoms with E-state index in [0.29, 0.717) is 29.2 Å². The largest absolute Gasteiger partial charge is 0.466 e. The van der Waals surface area contributed by atoms with Gasteiger partial charge in [-0.05, 0) is 60.8 Å². The molecule has 1 aromatic carbocycles. The summed E-state index contributed by atoms with van der Waals surface area (Å²) in [5.74, 6) is 0.585. The minimum absolute atomic E-state index is 0.191. The summed E-state index contributed by atoms with van der Waals surface area (Å²) in [7, 11) is 1.66. The number of benzene rings is 1. The Morgan fingerprint density at radius 2 is 2.27 bits per heavy atom. The Hall–Kier alpha value is -1.80. The van der Waals surface area contributed by atoms with E-state index >= 15 is 0 Å². The molecule has 1 aromatic rings. The molecule has 2 aliphatic rings. The molecule has 1 radical (unpaired) electrons. The molecule has 137 valence electrons. The van der Waals surface area contributed by atoms with Gasteiger partial charge in [0.15, 0.2) is 0 Å². The summed E-state index contributed by atoms with van der Waals surface area (Å²) in [6.45, 7) is 6.78. The van der Waals surface area contributed by atoms with Crippen molar-refractivity contribution in [2.45, 2.75) is 39.7 Å². The maximum Gasteiger partial charge on any atom is 0.331 e. The van der Waals surface area contributed by atoms with E-state index in [4.69, 9.17) is 19.5 Å². The van der Waals surface area contributed by atoms with Crippen molar-refractivity contribution in [2.24, 2.45) is 10.9 Å². The number of aliphatic imine (C=N–C) groups is 1. The number of nitrogens with zero attached hydrogens (tertiary/aromatic N) is 1. The third kappa shape index (κ3) is 4.12. The van der Waals surface area contributed by atoms with Gasteiger partial charge in [0.25, 0.3) is 5.23 Å². The van der Waals surface area contributed by atoms with Crippen molar-refractivity contribution in [3.63, 3.8) is 0 Å². The number of carbonyl (C=O) groups is 1. The average Bonchev–Trinajstić information content (AvgIpc) is 2.98. The summed E-state index contributed by atoms with van der Waals surface area (Å²) in [6.07, 6.45) is 0.781. The molecule has 2 aliphatic heterocycles. The Balaban J connectivity index is 1.73. The zero-order valence-corrected chi connectivity index (χ0v) is 16.0. The molecule has 26 heavy (non-hydrogen) atoms. The molecular formula is C18H22BN2O4S. The van der Waals surface area contributed by atoms with Crippen LogP contribution in [0.1, 0.15) is 43.9 Å². The first-order valence-corrected chi connectivity index (χ1v) is 9.60. The highest BCUT2D eigenvalue weighted by Gasteiger charge is 2.30. The summed E-state index contributed by atoms with van der Waals surface area (Å²) in [4.78, 5) is 16.2. The van der Waals surface area contributed by atoms with Gasteiger partial charge in [0, 0.05) is 5.92 Å². The van der Waals surface area contributed by atoms with Crippen LogP contribution in [0.3, 0.4) is 0 Å². The number of fused-ring (bicyclic) bond motifs is 1. The lowest BCUT2D eigenvalue weighted by Crippen LogP contribution is -2.23. The van der Waals surface area contributed by atoms with Crippen LogP contribution >= 0.6 is 11.8 Å². The number of rotatable bonds is 5. The van der Waals surface area contributed by atoms with E-state index in [9.17, 15) is 4.79 Å². The smallest absolute Gasteiger partial charge is 0.331 e. The first-order valence-electron chi connectivity index (χ1n) is 8.79.